The molecule has 1 aliphatic rings. The van der Waals surface area contributed by atoms with E-state index in [9.17, 15) is 0 Å². The Balaban J connectivity index is 1.77. The van der Waals surface area contributed by atoms with Crippen LogP contribution in [-0.4, -0.2) is 44.3 Å². The Hall–Kier alpha value is -2.17. The van der Waals surface area contributed by atoms with Crippen LogP contribution in [0.25, 0.3) is 6.08 Å². The first kappa shape index (κ1) is 17.2. The van der Waals surface area contributed by atoms with E-state index in [1.807, 2.05) is 18.3 Å². The van der Waals surface area contributed by atoms with Gasteiger partial charge in [-0.1, -0.05) is 43.5 Å². The lowest BCUT2D eigenvalue weighted by molar-refractivity contribution is 0.585. The summed E-state index contributed by atoms with van der Waals surface area (Å²) in [4.78, 5) is 6.87. The largest absolute Gasteiger partial charge is 0.354 e. The Kier molecular flexibility index (Phi) is 7.30. The first-order chi connectivity index (χ1) is 11.3. The number of pyridine rings is 1. The summed E-state index contributed by atoms with van der Waals surface area (Å²) in [7, 11) is 0. The molecule has 1 aliphatic heterocycles. The second kappa shape index (κ2) is 9.77. The van der Waals surface area contributed by atoms with Gasteiger partial charge in [0.25, 0.3) is 0 Å². The lowest BCUT2D eigenvalue weighted by Gasteiger charge is -2.28. The summed E-state index contributed by atoms with van der Waals surface area (Å²) in [5, 5.41) is 6.70. The predicted octanol–water partition coefficient (Wildman–Crippen LogP) is 2.39. The number of nitrogens with zero attached hydrogens (tertiary/aromatic N) is 2. The Morgan fingerprint density at radius 3 is 2.78 bits per heavy atom. The van der Waals surface area contributed by atoms with Crippen LogP contribution in [0, 0.1) is 0 Å². The predicted molar refractivity (Wildman–Crippen MR) is 99.7 cm³/mol. The van der Waals surface area contributed by atoms with E-state index in [2.05, 4.69) is 58.0 Å². The minimum atomic E-state index is 0.792. The van der Waals surface area contributed by atoms with Crippen molar-refractivity contribution in [2.24, 2.45) is 0 Å². The molecular formula is C19H26N4. The molecule has 4 nitrogen and oxygen atoms in total. The van der Waals surface area contributed by atoms with Crippen LogP contribution in [0.5, 0.6) is 0 Å². The number of hydrogen-bond acceptors (Lipinski definition) is 4. The van der Waals surface area contributed by atoms with E-state index in [0.29, 0.717) is 0 Å². The van der Waals surface area contributed by atoms with E-state index >= 15 is 0 Å². The zero-order valence-electron chi connectivity index (χ0n) is 13.7. The fourth-order valence-electron chi connectivity index (χ4n) is 2.42. The first-order valence-electron chi connectivity index (χ1n) is 8.06. The van der Waals surface area contributed by atoms with E-state index in [4.69, 9.17) is 0 Å². The normalized spacial score (nSPS) is 15.8. The number of allylic oxidation sites excluding steroid dienone is 2. The van der Waals surface area contributed by atoms with Gasteiger partial charge in [-0.2, -0.15) is 0 Å². The van der Waals surface area contributed by atoms with E-state index in [1.165, 1.54) is 0 Å². The van der Waals surface area contributed by atoms with Crippen LogP contribution < -0.4 is 15.5 Å². The fraction of sp³-hybridized carbons (Fsp3) is 0.316. The molecule has 23 heavy (non-hydrogen) atoms. The Morgan fingerprint density at radius 1 is 1.30 bits per heavy atom. The maximum Gasteiger partial charge on any atom is 0.128 e. The first-order valence-corrected chi connectivity index (χ1v) is 8.06. The van der Waals surface area contributed by atoms with Gasteiger partial charge < -0.3 is 15.5 Å². The molecule has 0 saturated carbocycles. The quantitative estimate of drug-likeness (QED) is 0.571. The van der Waals surface area contributed by atoms with Crippen LogP contribution >= 0.6 is 0 Å². The highest BCUT2D eigenvalue weighted by Crippen LogP contribution is 2.12. The lowest BCUT2D eigenvalue weighted by Crippen LogP contribution is -2.43. The molecule has 0 amide bonds. The molecule has 1 fully saturated rings. The summed E-state index contributed by atoms with van der Waals surface area (Å²) >= 11 is 0. The minimum absolute atomic E-state index is 0.792. The smallest absolute Gasteiger partial charge is 0.128 e. The Bertz CT molecular complexity index is 551. The van der Waals surface area contributed by atoms with Crippen molar-refractivity contribution in [2.45, 2.75) is 0 Å². The molecule has 4 heteroatoms. The number of nitrogens with one attached hydrogen (secondary N) is 2. The molecule has 0 aliphatic carbocycles. The highest BCUT2D eigenvalue weighted by Gasteiger charge is 2.10. The molecule has 1 aromatic rings. The summed E-state index contributed by atoms with van der Waals surface area (Å²) in [6, 6.07) is 4.22. The van der Waals surface area contributed by atoms with Gasteiger partial charge in [0.05, 0.1) is 0 Å². The fourth-order valence-corrected chi connectivity index (χ4v) is 2.42. The number of piperazine rings is 1. The van der Waals surface area contributed by atoms with E-state index in [-0.39, 0.29) is 0 Å². The van der Waals surface area contributed by atoms with Crippen LogP contribution in [0.2, 0.25) is 0 Å². The van der Waals surface area contributed by atoms with Crippen molar-refractivity contribution in [1.82, 2.24) is 15.6 Å². The van der Waals surface area contributed by atoms with Gasteiger partial charge in [0, 0.05) is 45.5 Å². The van der Waals surface area contributed by atoms with Crippen molar-refractivity contribution in [3.8, 4) is 0 Å². The summed E-state index contributed by atoms with van der Waals surface area (Å²) < 4.78 is 0. The maximum atomic E-state index is 4.56. The molecular weight excluding hydrogens is 284 g/mol. The Morgan fingerprint density at radius 2 is 2.13 bits per heavy atom. The van der Waals surface area contributed by atoms with Crippen molar-refractivity contribution < 1.29 is 0 Å². The van der Waals surface area contributed by atoms with Crippen LogP contribution in [0.1, 0.15) is 5.56 Å². The molecule has 0 atom stereocenters. The topological polar surface area (TPSA) is 40.2 Å². The van der Waals surface area contributed by atoms with Gasteiger partial charge >= 0.3 is 0 Å². The molecule has 1 saturated heterocycles. The third-order valence-corrected chi connectivity index (χ3v) is 3.71. The van der Waals surface area contributed by atoms with Crippen LogP contribution in [0.15, 0.2) is 61.4 Å². The third kappa shape index (κ3) is 5.85. The molecule has 0 spiro atoms. The molecule has 1 aromatic heterocycles. The second-order valence-corrected chi connectivity index (χ2v) is 5.40. The molecule has 2 heterocycles. The SMILES string of the molecule is C=C/C=C(\C=C)CNC/C=C/c1ccc(N2CCNCC2)nc1. The van der Waals surface area contributed by atoms with Crippen LogP contribution in [0.4, 0.5) is 5.82 Å². The van der Waals surface area contributed by atoms with Gasteiger partial charge in [0.2, 0.25) is 0 Å². The van der Waals surface area contributed by atoms with Gasteiger partial charge in [-0.25, -0.2) is 4.98 Å². The highest BCUT2D eigenvalue weighted by atomic mass is 15.2. The summed E-state index contributed by atoms with van der Waals surface area (Å²) in [6.45, 7) is 13.2. The highest BCUT2D eigenvalue weighted by molar-refractivity contribution is 5.51. The van der Waals surface area contributed by atoms with E-state index < -0.39 is 0 Å². The Labute approximate surface area is 139 Å². The maximum absolute atomic E-state index is 4.56. The van der Waals surface area contributed by atoms with Crippen LogP contribution in [0.3, 0.4) is 0 Å². The molecule has 0 radical (unpaired) electrons. The number of anilines is 1. The molecule has 0 unspecified atom stereocenters. The van der Waals surface area contributed by atoms with Crippen molar-refractivity contribution in [2.75, 3.05) is 44.2 Å². The summed E-state index contributed by atoms with van der Waals surface area (Å²) in [6.07, 6.45) is 11.7. The van der Waals surface area contributed by atoms with Gasteiger partial charge in [-0.3, -0.25) is 0 Å². The molecule has 2 rings (SSSR count). The van der Waals surface area contributed by atoms with Crippen molar-refractivity contribution in [1.29, 1.82) is 0 Å². The van der Waals surface area contributed by atoms with Crippen LogP contribution in [-0.2, 0) is 0 Å². The molecule has 122 valence electrons. The third-order valence-electron chi connectivity index (χ3n) is 3.71. The van der Waals surface area contributed by atoms with Gasteiger partial charge in [-0.05, 0) is 23.3 Å². The van der Waals surface area contributed by atoms with Crippen molar-refractivity contribution in [3.63, 3.8) is 0 Å². The second-order valence-electron chi connectivity index (χ2n) is 5.40. The lowest BCUT2D eigenvalue weighted by atomic mass is 10.2. The monoisotopic (exact) mass is 310 g/mol. The van der Waals surface area contributed by atoms with E-state index in [1.54, 1.807) is 6.08 Å². The van der Waals surface area contributed by atoms with Gasteiger partial charge in [0.15, 0.2) is 0 Å². The minimum Gasteiger partial charge on any atom is -0.354 e. The number of rotatable bonds is 8. The standard InChI is InChI=1S/C19H26N4/c1-3-6-17(4-2)15-21-10-5-7-18-8-9-19(22-16-18)23-13-11-20-12-14-23/h3-9,16,20-21H,1-2,10-15H2/b7-5+,17-6+. The zero-order chi connectivity index (χ0) is 16.3. The van der Waals surface area contributed by atoms with Gasteiger partial charge in [0.1, 0.15) is 5.82 Å². The summed E-state index contributed by atoms with van der Waals surface area (Å²) in [5.74, 6) is 1.06. The molecule has 2 N–H and O–H groups in total. The van der Waals surface area contributed by atoms with Gasteiger partial charge in [-0.15, -0.1) is 0 Å². The van der Waals surface area contributed by atoms with Crippen molar-refractivity contribution >= 4 is 11.9 Å². The average Bonchev–Trinajstić information content (AvgIpc) is 2.62. The average molecular weight is 310 g/mol. The number of hydrogen-bond donors (Lipinski definition) is 2. The van der Waals surface area contributed by atoms with E-state index in [0.717, 1.165) is 56.2 Å². The zero-order valence-corrected chi connectivity index (χ0v) is 13.7. The number of aromatic nitrogens is 1. The summed E-state index contributed by atoms with van der Waals surface area (Å²) in [5.41, 5.74) is 2.26. The molecule has 0 bridgehead atoms. The van der Waals surface area contributed by atoms with Crippen molar-refractivity contribution in [3.05, 3.63) is 66.9 Å². The molecule has 0 aromatic carbocycles.